The molecule has 0 saturated heterocycles. The van der Waals surface area contributed by atoms with Gasteiger partial charge < -0.3 is 10.6 Å². The average Bonchev–Trinajstić information content (AvgIpc) is 2.84. The Morgan fingerprint density at radius 2 is 1.70 bits per heavy atom. The molecule has 0 bridgehead atoms. The lowest BCUT2D eigenvalue weighted by Gasteiger charge is -2.19. The molecule has 0 radical (unpaired) electrons. The third-order valence-electron chi connectivity index (χ3n) is 5.91. The lowest BCUT2D eigenvalue weighted by atomic mass is 9.87. The maximum atomic E-state index is 4.34. The van der Waals surface area contributed by atoms with Crippen molar-refractivity contribution in [1.29, 1.82) is 0 Å². The summed E-state index contributed by atoms with van der Waals surface area (Å²) in [6, 6.07) is 26.2. The standard InChI is InChI=1S/C30H31N3/c1-4-28(24-10-6-5-7-11-24)30(26-16-17-29-27(19-26)21-33-29)25-14-12-23(13-15-25)20-32-18-8-9-22(2)31-3/h5-17,19,21,31-32H,2,4,18,20H2,1,3H3/b9-8+,30-28+. The summed E-state index contributed by atoms with van der Waals surface area (Å²) in [7, 11) is 1.88. The number of benzene rings is 3. The van der Waals surface area contributed by atoms with E-state index in [-0.39, 0.29) is 0 Å². The number of allylic oxidation sites excluding steroid dienone is 2. The minimum absolute atomic E-state index is 0.804. The first-order valence-electron chi connectivity index (χ1n) is 11.5. The van der Waals surface area contributed by atoms with Gasteiger partial charge in [-0.25, -0.2) is 0 Å². The lowest BCUT2D eigenvalue weighted by Crippen LogP contribution is -2.13. The number of hydrogen-bond acceptors (Lipinski definition) is 3. The normalized spacial score (nSPS) is 12.8. The van der Waals surface area contributed by atoms with Gasteiger partial charge >= 0.3 is 0 Å². The quantitative estimate of drug-likeness (QED) is 0.170. The van der Waals surface area contributed by atoms with Crippen LogP contribution in [0.25, 0.3) is 11.1 Å². The van der Waals surface area contributed by atoms with Gasteiger partial charge in [0.15, 0.2) is 0 Å². The summed E-state index contributed by atoms with van der Waals surface area (Å²) < 4.78 is 0. The summed E-state index contributed by atoms with van der Waals surface area (Å²) in [4.78, 5) is 4.34. The summed E-state index contributed by atoms with van der Waals surface area (Å²) in [5.41, 5.74) is 10.9. The maximum absolute atomic E-state index is 4.34. The van der Waals surface area contributed by atoms with E-state index in [4.69, 9.17) is 0 Å². The molecule has 3 nitrogen and oxygen atoms in total. The molecule has 0 atom stereocenters. The van der Waals surface area contributed by atoms with Crippen molar-refractivity contribution in [2.75, 3.05) is 13.6 Å². The van der Waals surface area contributed by atoms with Crippen LogP contribution in [0.2, 0.25) is 0 Å². The molecule has 33 heavy (non-hydrogen) atoms. The van der Waals surface area contributed by atoms with Crippen molar-refractivity contribution in [3.8, 4) is 0 Å². The molecule has 0 saturated carbocycles. The van der Waals surface area contributed by atoms with Crippen LogP contribution in [0.1, 0.15) is 41.2 Å². The zero-order valence-corrected chi connectivity index (χ0v) is 19.4. The molecule has 0 fully saturated rings. The van der Waals surface area contributed by atoms with Crippen LogP contribution in [-0.2, 0) is 6.54 Å². The second-order valence-electron chi connectivity index (χ2n) is 8.11. The zero-order chi connectivity index (χ0) is 23.0. The van der Waals surface area contributed by atoms with Crippen molar-refractivity contribution in [2.24, 2.45) is 4.99 Å². The average molecular weight is 434 g/mol. The molecule has 0 spiro atoms. The maximum Gasteiger partial charge on any atom is 0.0718 e. The Hall–Kier alpha value is -3.69. The largest absolute Gasteiger partial charge is 0.389 e. The summed E-state index contributed by atoms with van der Waals surface area (Å²) >= 11 is 0. The minimum atomic E-state index is 0.804. The van der Waals surface area contributed by atoms with Crippen molar-refractivity contribution in [3.63, 3.8) is 0 Å². The van der Waals surface area contributed by atoms with E-state index in [1.165, 1.54) is 39.0 Å². The van der Waals surface area contributed by atoms with Crippen molar-refractivity contribution >= 4 is 23.0 Å². The van der Waals surface area contributed by atoms with Crippen LogP contribution >= 0.6 is 0 Å². The fraction of sp³-hybridized carbons (Fsp3) is 0.167. The van der Waals surface area contributed by atoms with E-state index in [1.54, 1.807) is 0 Å². The Morgan fingerprint density at radius 3 is 2.33 bits per heavy atom. The van der Waals surface area contributed by atoms with Crippen LogP contribution in [0.3, 0.4) is 0 Å². The fourth-order valence-corrected chi connectivity index (χ4v) is 4.06. The molecule has 1 aliphatic rings. The van der Waals surface area contributed by atoms with Gasteiger partial charge in [0.1, 0.15) is 0 Å². The summed E-state index contributed by atoms with van der Waals surface area (Å²) in [6.07, 6.45) is 6.97. The van der Waals surface area contributed by atoms with Gasteiger partial charge in [-0.05, 0) is 58.0 Å². The molecule has 3 heteroatoms. The van der Waals surface area contributed by atoms with Gasteiger partial charge in [-0.15, -0.1) is 0 Å². The number of aliphatic imine (C=N–C) groups is 1. The summed E-state index contributed by atoms with van der Waals surface area (Å²) in [5.74, 6) is 0. The van der Waals surface area contributed by atoms with Gasteiger partial charge in [0, 0.05) is 37.6 Å². The SMILES string of the molecule is C=C(/C=C/CNCc1ccc(/C(=C(/CC)c2ccccc2)c2ccc3c(c2)C=N3)cc1)NC. The molecule has 0 aliphatic carbocycles. The molecule has 0 aromatic heterocycles. The van der Waals surface area contributed by atoms with E-state index in [0.29, 0.717) is 0 Å². The number of nitrogens with one attached hydrogen (secondary N) is 2. The van der Waals surface area contributed by atoms with E-state index >= 15 is 0 Å². The molecule has 0 unspecified atom stereocenters. The highest BCUT2D eigenvalue weighted by molar-refractivity contribution is 6.02. The molecule has 3 aromatic rings. The molecular weight excluding hydrogens is 402 g/mol. The second kappa shape index (κ2) is 10.8. The highest BCUT2D eigenvalue weighted by Gasteiger charge is 2.16. The summed E-state index contributed by atoms with van der Waals surface area (Å²) in [5, 5.41) is 6.48. The van der Waals surface area contributed by atoms with Gasteiger partial charge in [-0.3, -0.25) is 4.99 Å². The van der Waals surface area contributed by atoms with Crippen molar-refractivity contribution in [2.45, 2.75) is 19.9 Å². The Bertz CT molecular complexity index is 1200. The highest BCUT2D eigenvalue weighted by Crippen LogP contribution is 2.37. The highest BCUT2D eigenvalue weighted by atomic mass is 14.8. The Morgan fingerprint density at radius 1 is 0.939 bits per heavy atom. The first kappa shape index (κ1) is 22.5. The van der Waals surface area contributed by atoms with Crippen LogP contribution in [-0.4, -0.2) is 19.8 Å². The number of fused-ring (bicyclic) bond motifs is 1. The predicted octanol–water partition coefficient (Wildman–Crippen LogP) is 6.50. The van der Waals surface area contributed by atoms with E-state index in [0.717, 1.165) is 30.9 Å². The molecule has 0 amide bonds. The molecular formula is C30H31N3. The minimum Gasteiger partial charge on any atom is -0.389 e. The number of rotatable bonds is 10. The van der Waals surface area contributed by atoms with Crippen molar-refractivity contribution in [1.82, 2.24) is 10.6 Å². The van der Waals surface area contributed by atoms with Gasteiger partial charge in [0.25, 0.3) is 0 Å². The number of hydrogen-bond donors (Lipinski definition) is 2. The Labute approximate surface area is 197 Å². The van der Waals surface area contributed by atoms with Crippen LogP contribution in [0, 0.1) is 0 Å². The molecule has 1 aliphatic heterocycles. The smallest absolute Gasteiger partial charge is 0.0718 e. The fourth-order valence-electron chi connectivity index (χ4n) is 4.06. The topological polar surface area (TPSA) is 36.4 Å². The monoisotopic (exact) mass is 433 g/mol. The molecule has 166 valence electrons. The van der Waals surface area contributed by atoms with Crippen molar-refractivity contribution in [3.05, 3.63) is 125 Å². The van der Waals surface area contributed by atoms with Gasteiger partial charge in [0.2, 0.25) is 0 Å². The van der Waals surface area contributed by atoms with Crippen LogP contribution in [0.15, 0.2) is 102 Å². The predicted molar refractivity (Wildman–Crippen MR) is 142 cm³/mol. The van der Waals surface area contributed by atoms with Gasteiger partial charge in [-0.2, -0.15) is 0 Å². The zero-order valence-electron chi connectivity index (χ0n) is 19.4. The van der Waals surface area contributed by atoms with Crippen LogP contribution in [0.5, 0.6) is 0 Å². The molecule has 4 rings (SSSR count). The molecule has 1 heterocycles. The molecule has 3 aromatic carbocycles. The summed E-state index contributed by atoms with van der Waals surface area (Å²) in [6.45, 7) is 7.76. The van der Waals surface area contributed by atoms with Gasteiger partial charge in [-0.1, -0.05) is 80.2 Å². The Kier molecular flexibility index (Phi) is 7.33. The van der Waals surface area contributed by atoms with Crippen molar-refractivity contribution < 1.29 is 0 Å². The van der Waals surface area contributed by atoms with E-state index in [9.17, 15) is 0 Å². The van der Waals surface area contributed by atoms with Crippen LogP contribution in [0.4, 0.5) is 5.69 Å². The first-order valence-corrected chi connectivity index (χ1v) is 11.5. The van der Waals surface area contributed by atoms with E-state index in [2.05, 4.69) is 108 Å². The lowest BCUT2D eigenvalue weighted by molar-refractivity contribution is 0.759. The first-order chi connectivity index (χ1) is 16.2. The van der Waals surface area contributed by atoms with E-state index in [1.807, 2.05) is 19.3 Å². The third kappa shape index (κ3) is 5.39. The van der Waals surface area contributed by atoms with Crippen LogP contribution < -0.4 is 10.6 Å². The Balaban J connectivity index is 1.61. The van der Waals surface area contributed by atoms with E-state index < -0.39 is 0 Å². The number of likely N-dealkylation sites (N-methyl/N-ethyl adjacent to an activating group) is 1. The number of nitrogens with zero attached hydrogens (tertiary/aromatic N) is 1. The second-order valence-corrected chi connectivity index (χ2v) is 8.11. The third-order valence-corrected chi connectivity index (χ3v) is 5.91. The van der Waals surface area contributed by atoms with Gasteiger partial charge in [0.05, 0.1) is 5.69 Å². The molecule has 2 N–H and O–H groups in total.